The van der Waals surface area contributed by atoms with Crippen molar-refractivity contribution >= 4 is 43.8 Å². The van der Waals surface area contributed by atoms with Crippen LogP contribution >= 0.6 is 22.9 Å². The molecule has 0 aliphatic carbocycles. The lowest BCUT2D eigenvalue weighted by Crippen LogP contribution is -2.26. The lowest BCUT2D eigenvalue weighted by Gasteiger charge is -2.16. The van der Waals surface area contributed by atoms with Crippen molar-refractivity contribution < 1.29 is 8.42 Å². The molecule has 5 nitrogen and oxygen atoms in total. The van der Waals surface area contributed by atoms with E-state index < -0.39 is 10.0 Å². The summed E-state index contributed by atoms with van der Waals surface area (Å²) in [7, 11) is -1.96. The molecule has 3 aromatic rings. The van der Waals surface area contributed by atoms with E-state index in [1.807, 2.05) is 36.4 Å². The fraction of sp³-hybridized carbons (Fsp3) is 0.133. The molecule has 0 saturated carbocycles. The number of hydrogen-bond acceptors (Lipinski definition) is 3. The molecule has 114 valence electrons. The van der Waals surface area contributed by atoms with Crippen LogP contribution in [0.25, 0.3) is 10.9 Å². The van der Waals surface area contributed by atoms with E-state index in [0.717, 1.165) is 16.5 Å². The fourth-order valence-electron chi connectivity index (χ4n) is 2.31. The number of hydrogen-bond donors (Lipinski definition) is 0. The first-order valence-electron chi connectivity index (χ1n) is 6.61. The normalized spacial score (nSPS) is 12.1. The van der Waals surface area contributed by atoms with Gasteiger partial charge in [-0.1, -0.05) is 18.2 Å². The van der Waals surface area contributed by atoms with Crippen LogP contribution < -0.4 is 0 Å². The summed E-state index contributed by atoms with van der Waals surface area (Å²) in [5.41, 5.74) is 1.79. The molecular formula is C15H14IN3O2S. The second-order valence-electron chi connectivity index (χ2n) is 4.94. The first-order chi connectivity index (χ1) is 10.5. The molecule has 22 heavy (non-hydrogen) atoms. The molecule has 3 rings (SSSR count). The minimum Gasteiger partial charge on any atom is -0.288 e. The number of sulfonamides is 1. The highest BCUT2D eigenvalue weighted by molar-refractivity contribution is 14.1. The van der Waals surface area contributed by atoms with Gasteiger partial charge in [-0.2, -0.15) is 4.31 Å². The third-order valence-corrected chi connectivity index (χ3v) is 6.10. The van der Waals surface area contributed by atoms with Crippen molar-refractivity contribution in [3.05, 3.63) is 60.6 Å². The molecule has 0 spiro atoms. The Bertz CT molecular complexity index is 907. The van der Waals surface area contributed by atoms with Gasteiger partial charge in [-0.15, -0.1) is 0 Å². The zero-order chi connectivity index (χ0) is 15.7. The Balaban J connectivity index is 2.01. The van der Waals surface area contributed by atoms with Gasteiger partial charge in [0.05, 0.1) is 28.4 Å². The van der Waals surface area contributed by atoms with E-state index in [2.05, 4.69) is 27.8 Å². The van der Waals surface area contributed by atoms with E-state index in [-0.39, 0.29) is 0 Å². The highest BCUT2D eigenvalue weighted by Crippen LogP contribution is 2.29. The summed E-state index contributed by atoms with van der Waals surface area (Å²) in [5.74, 6) is 0. The summed E-state index contributed by atoms with van der Waals surface area (Å²) in [5, 5.41) is 0.735. The summed E-state index contributed by atoms with van der Waals surface area (Å²) in [6.07, 6.45) is 4.97. The zero-order valence-electron chi connectivity index (χ0n) is 11.8. The van der Waals surface area contributed by atoms with Crippen LogP contribution in [-0.4, -0.2) is 27.5 Å². The molecule has 2 heterocycles. The van der Waals surface area contributed by atoms with E-state index in [1.165, 1.54) is 4.31 Å². The molecule has 0 fully saturated rings. The number of pyridine rings is 1. The molecule has 7 heteroatoms. The number of benzene rings is 1. The first-order valence-corrected chi connectivity index (χ1v) is 9.02. The Morgan fingerprint density at radius 2 is 1.86 bits per heavy atom. The summed E-state index contributed by atoms with van der Waals surface area (Å²) >= 11 is 2.09. The number of rotatable bonds is 4. The van der Waals surface area contributed by atoms with Crippen LogP contribution in [0.5, 0.6) is 0 Å². The zero-order valence-corrected chi connectivity index (χ0v) is 14.8. The smallest absolute Gasteiger partial charge is 0.245 e. The predicted octanol–water partition coefficient (Wildman–Crippen LogP) is 3.06. The van der Waals surface area contributed by atoms with Crippen LogP contribution in [0.1, 0.15) is 5.56 Å². The Morgan fingerprint density at radius 3 is 2.59 bits per heavy atom. The second kappa shape index (κ2) is 5.98. The van der Waals surface area contributed by atoms with E-state index >= 15 is 0 Å². The first kappa shape index (κ1) is 15.4. The number of para-hydroxylation sites is 1. The summed E-state index contributed by atoms with van der Waals surface area (Å²) in [4.78, 5) is 4.27. The van der Waals surface area contributed by atoms with Crippen molar-refractivity contribution in [2.45, 2.75) is 11.4 Å². The van der Waals surface area contributed by atoms with Crippen LogP contribution in [0.4, 0.5) is 0 Å². The minimum atomic E-state index is -3.56. The van der Waals surface area contributed by atoms with Gasteiger partial charge in [-0.05, 0) is 23.8 Å². The lowest BCUT2D eigenvalue weighted by molar-refractivity contribution is 0.467. The SMILES string of the molecule is CN(Cc1ccncc1)S(=O)(=O)c1cn(I)c2ccccc12. The van der Waals surface area contributed by atoms with E-state index in [4.69, 9.17) is 0 Å². The largest absolute Gasteiger partial charge is 0.288 e. The van der Waals surface area contributed by atoms with Gasteiger partial charge in [0.2, 0.25) is 10.0 Å². The number of aromatic nitrogens is 2. The average molecular weight is 427 g/mol. The number of halogens is 1. The molecule has 0 bridgehead atoms. The van der Waals surface area contributed by atoms with Gasteiger partial charge in [0.25, 0.3) is 0 Å². The molecule has 1 aromatic carbocycles. The van der Waals surface area contributed by atoms with Crippen LogP contribution in [0.15, 0.2) is 59.9 Å². The Labute approximate surface area is 143 Å². The Hall–Kier alpha value is -1.45. The summed E-state index contributed by atoms with van der Waals surface area (Å²) in [6.45, 7) is 0.311. The molecule has 0 unspecified atom stereocenters. The highest BCUT2D eigenvalue weighted by Gasteiger charge is 2.25. The van der Waals surface area contributed by atoms with Crippen LogP contribution in [-0.2, 0) is 16.6 Å². The quantitative estimate of drug-likeness (QED) is 0.602. The maximum absolute atomic E-state index is 12.9. The van der Waals surface area contributed by atoms with Crippen molar-refractivity contribution in [1.29, 1.82) is 0 Å². The molecule has 0 N–H and O–H groups in total. The Kier molecular flexibility index (Phi) is 4.20. The van der Waals surface area contributed by atoms with Crippen molar-refractivity contribution in [3.63, 3.8) is 0 Å². The molecule has 0 radical (unpaired) electrons. The summed E-state index contributed by atoms with van der Waals surface area (Å²) in [6, 6.07) is 11.1. The molecular weight excluding hydrogens is 413 g/mol. The van der Waals surface area contributed by atoms with Crippen molar-refractivity contribution in [2.24, 2.45) is 0 Å². The van der Waals surface area contributed by atoms with Crippen molar-refractivity contribution in [2.75, 3.05) is 7.05 Å². The van der Waals surface area contributed by atoms with Crippen LogP contribution in [0, 0.1) is 0 Å². The minimum absolute atomic E-state index is 0.311. The van der Waals surface area contributed by atoms with Gasteiger partial charge in [-0.3, -0.25) is 7.76 Å². The van der Waals surface area contributed by atoms with Gasteiger partial charge >= 0.3 is 0 Å². The topological polar surface area (TPSA) is 55.2 Å². The molecule has 0 aliphatic heterocycles. The van der Waals surface area contributed by atoms with Crippen molar-refractivity contribution in [1.82, 2.24) is 12.1 Å². The predicted molar refractivity (Wildman–Crippen MR) is 94.2 cm³/mol. The van der Waals surface area contributed by atoms with Gasteiger partial charge < -0.3 is 0 Å². The highest BCUT2D eigenvalue weighted by atomic mass is 127. The molecule has 2 aromatic heterocycles. The van der Waals surface area contributed by atoms with Crippen LogP contribution in [0.2, 0.25) is 0 Å². The number of nitrogens with zero attached hydrogens (tertiary/aromatic N) is 3. The Morgan fingerprint density at radius 1 is 1.18 bits per heavy atom. The lowest BCUT2D eigenvalue weighted by atomic mass is 10.2. The van der Waals surface area contributed by atoms with Gasteiger partial charge in [-0.25, -0.2) is 8.42 Å². The van der Waals surface area contributed by atoms with E-state index in [9.17, 15) is 8.42 Å². The monoisotopic (exact) mass is 427 g/mol. The maximum Gasteiger partial charge on any atom is 0.245 e. The van der Waals surface area contributed by atoms with E-state index in [1.54, 1.807) is 28.4 Å². The van der Waals surface area contributed by atoms with Gasteiger partial charge in [0.1, 0.15) is 4.90 Å². The fourth-order valence-corrected chi connectivity index (χ4v) is 4.55. The average Bonchev–Trinajstić information content (AvgIpc) is 2.87. The third-order valence-electron chi connectivity index (χ3n) is 3.47. The standard InChI is InChI=1S/C15H14IN3O2S/c1-18(10-12-6-8-17-9-7-12)22(20,21)15-11-19(16)14-5-3-2-4-13(14)15/h2-9,11H,10H2,1H3. The maximum atomic E-state index is 12.9. The van der Waals surface area contributed by atoms with Gasteiger partial charge in [0.15, 0.2) is 0 Å². The second-order valence-corrected chi connectivity index (χ2v) is 7.99. The molecule has 0 amide bonds. The van der Waals surface area contributed by atoms with Gasteiger partial charge in [0, 0.05) is 37.6 Å². The van der Waals surface area contributed by atoms with E-state index in [0.29, 0.717) is 11.4 Å². The molecule has 0 saturated heterocycles. The van der Waals surface area contributed by atoms with Crippen molar-refractivity contribution in [3.8, 4) is 0 Å². The third kappa shape index (κ3) is 2.75. The molecule has 0 aliphatic rings. The number of fused-ring (bicyclic) bond motifs is 1. The summed E-state index contributed by atoms with van der Waals surface area (Å²) < 4.78 is 28.9. The molecule has 0 atom stereocenters. The van der Waals surface area contributed by atoms with Crippen LogP contribution in [0.3, 0.4) is 0 Å².